The first-order valence-corrected chi connectivity index (χ1v) is 6.47. The highest BCUT2D eigenvalue weighted by atomic mass is 16.4. The SMILES string of the molecule is CCC(NC(=O)N1CCCC(CCO)C1)C(=O)O. The van der Waals surface area contributed by atoms with Crippen molar-refractivity contribution in [3.05, 3.63) is 0 Å². The molecule has 104 valence electrons. The van der Waals surface area contributed by atoms with Crippen LogP contribution in [0, 0.1) is 5.92 Å². The van der Waals surface area contributed by atoms with E-state index in [1.165, 1.54) is 0 Å². The fourth-order valence-corrected chi connectivity index (χ4v) is 2.25. The van der Waals surface area contributed by atoms with Gasteiger partial charge in [0.25, 0.3) is 0 Å². The molecule has 0 aromatic rings. The lowest BCUT2D eigenvalue weighted by molar-refractivity contribution is -0.139. The molecule has 6 heteroatoms. The van der Waals surface area contributed by atoms with Gasteiger partial charge in [-0.15, -0.1) is 0 Å². The molecule has 1 saturated heterocycles. The molecular weight excluding hydrogens is 236 g/mol. The third-order valence-corrected chi connectivity index (χ3v) is 3.35. The lowest BCUT2D eigenvalue weighted by Gasteiger charge is -2.33. The number of aliphatic hydroxyl groups excluding tert-OH is 1. The Labute approximate surface area is 107 Å². The number of carbonyl (C=O) groups excluding carboxylic acids is 1. The maximum Gasteiger partial charge on any atom is 0.326 e. The summed E-state index contributed by atoms with van der Waals surface area (Å²) in [6, 6.07) is -1.14. The van der Waals surface area contributed by atoms with Crippen LogP contribution < -0.4 is 5.32 Å². The molecule has 0 spiro atoms. The summed E-state index contributed by atoms with van der Waals surface area (Å²) in [6.07, 6.45) is 2.98. The predicted octanol–water partition coefficient (Wildman–Crippen LogP) is 0.654. The number of urea groups is 1. The van der Waals surface area contributed by atoms with Crippen molar-refractivity contribution in [2.75, 3.05) is 19.7 Å². The van der Waals surface area contributed by atoms with Gasteiger partial charge in [-0.3, -0.25) is 0 Å². The van der Waals surface area contributed by atoms with Crippen molar-refractivity contribution in [1.82, 2.24) is 10.2 Å². The molecule has 0 aromatic heterocycles. The van der Waals surface area contributed by atoms with Gasteiger partial charge < -0.3 is 20.4 Å². The number of nitrogens with zero attached hydrogens (tertiary/aromatic N) is 1. The number of hydrogen-bond donors (Lipinski definition) is 3. The number of aliphatic hydroxyl groups is 1. The minimum atomic E-state index is -1.00. The summed E-state index contributed by atoms with van der Waals surface area (Å²) in [5, 5.41) is 20.3. The zero-order valence-electron chi connectivity index (χ0n) is 10.8. The molecule has 3 N–H and O–H groups in total. The van der Waals surface area contributed by atoms with Crippen molar-refractivity contribution in [3.63, 3.8) is 0 Å². The van der Waals surface area contributed by atoms with Gasteiger partial charge in [0.1, 0.15) is 6.04 Å². The number of amides is 2. The van der Waals surface area contributed by atoms with Crippen LogP contribution >= 0.6 is 0 Å². The molecule has 0 radical (unpaired) electrons. The predicted molar refractivity (Wildman–Crippen MR) is 66.2 cm³/mol. The third kappa shape index (κ3) is 4.18. The van der Waals surface area contributed by atoms with E-state index < -0.39 is 12.0 Å². The van der Waals surface area contributed by atoms with Gasteiger partial charge in [0.05, 0.1) is 0 Å². The Morgan fingerprint density at radius 1 is 1.50 bits per heavy atom. The van der Waals surface area contributed by atoms with Gasteiger partial charge in [-0.2, -0.15) is 0 Å². The largest absolute Gasteiger partial charge is 0.480 e. The van der Waals surface area contributed by atoms with Crippen LogP contribution in [0.2, 0.25) is 0 Å². The Kier molecular flexibility index (Phi) is 5.91. The summed E-state index contributed by atoms with van der Waals surface area (Å²) in [7, 11) is 0. The average molecular weight is 258 g/mol. The van der Waals surface area contributed by atoms with Gasteiger partial charge in [0.15, 0.2) is 0 Å². The Morgan fingerprint density at radius 3 is 2.78 bits per heavy atom. The molecule has 2 unspecified atom stereocenters. The Morgan fingerprint density at radius 2 is 2.22 bits per heavy atom. The second-order valence-electron chi connectivity index (χ2n) is 4.72. The zero-order valence-corrected chi connectivity index (χ0v) is 10.8. The van der Waals surface area contributed by atoms with Crippen LogP contribution in [0.1, 0.15) is 32.6 Å². The van der Waals surface area contributed by atoms with E-state index >= 15 is 0 Å². The van der Waals surface area contributed by atoms with Crippen molar-refractivity contribution in [2.45, 2.75) is 38.6 Å². The Balaban J connectivity index is 2.47. The summed E-state index contributed by atoms with van der Waals surface area (Å²) in [5.41, 5.74) is 0. The van der Waals surface area contributed by atoms with Crippen LogP contribution in [0.5, 0.6) is 0 Å². The first kappa shape index (κ1) is 14.8. The molecule has 2 atom stereocenters. The number of carboxylic acid groups (broad SMARTS) is 1. The number of rotatable bonds is 5. The summed E-state index contributed by atoms with van der Waals surface area (Å²) in [4.78, 5) is 24.4. The fourth-order valence-electron chi connectivity index (χ4n) is 2.25. The summed E-state index contributed by atoms with van der Waals surface area (Å²) >= 11 is 0. The number of carboxylic acids is 1. The number of likely N-dealkylation sites (tertiary alicyclic amines) is 1. The molecule has 6 nitrogen and oxygen atoms in total. The maximum absolute atomic E-state index is 11.9. The first-order valence-electron chi connectivity index (χ1n) is 6.47. The maximum atomic E-state index is 11.9. The lowest BCUT2D eigenvalue weighted by atomic mass is 9.95. The smallest absolute Gasteiger partial charge is 0.326 e. The molecule has 0 aromatic carbocycles. The molecule has 0 bridgehead atoms. The molecule has 0 aliphatic carbocycles. The van der Waals surface area contributed by atoms with Gasteiger partial charge in [-0.1, -0.05) is 6.92 Å². The van der Waals surface area contributed by atoms with Crippen molar-refractivity contribution in [2.24, 2.45) is 5.92 Å². The van der Waals surface area contributed by atoms with Crippen LogP contribution in [0.4, 0.5) is 4.79 Å². The molecule has 18 heavy (non-hydrogen) atoms. The molecule has 1 aliphatic heterocycles. The number of carbonyl (C=O) groups is 2. The van der Waals surface area contributed by atoms with Crippen LogP contribution in [0.3, 0.4) is 0 Å². The number of piperidine rings is 1. The van der Waals surface area contributed by atoms with Crippen LogP contribution in [-0.2, 0) is 4.79 Å². The van der Waals surface area contributed by atoms with Gasteiger partial charge in [0, 0.05) is 19.7 Å². The molecule has 1 fully saturated rings. The number of hydrogen-bond acceptors (Lipinski definition) is 3. The highest BCUT2D eigenvalue weighted by Gasteiger charge is 2.26. The Bertz CT molecular complexity index is 294. The van der Waals surface area contributed by atoms with E-state index in [0.717, 1.165) is 12.8 Å². The third-order valence-electron chi connectivity index (χ3n) is 3.35. The lowest BCUT2D eigenvalue weighted by Crippen LogP contribution is -2.50. The van der Waals surface area contributed by atoms with Crippen molar-refractivity contribution < 1.29 is 19.8 Å². The van der Waals surface area contributed by atoms with E-state index in [-0.39, 0.29) is 12.6 Å². The van der Waals surface area contributed by atoms with Crippen LogP contribution in [0.25, 0.3) is 0 Å². The minimum Gasteiger partial charge on any atom is -0.480 e. The monoisotopic (exact) mass is 258 g/mol. The summed E-state index contributed by atoms with van der Waals surface area (Å²) in [5.74, 6) is -0.686. The van der Waals surface area contributed by atoms with Gasteiger partial charge >= 0.3 is 12.0 Å². The van der Waals surface area contributed by atoms with E-state index in [9.17, 15) is 9.59 Å². The molecule has 2 amide bonds. The number of nitrogens with one attached hydrogen (secondary N) is 1. The van der Waals surface area contributed by atoms with Gasteiger partial charge in [0.2, 0.25) is 0 Å². The van der Waals surface area contributed by atoms with E-state index in [2.05, 4.69) is 5.32 Å². The van der Waals surface area contributed by atoms with Crippen LogP contribution in [0.15, 0.2) is 0 Å². The van der Waals surface area contributed by atoms with Crippen molar-refractivity contribution in [3.8, 4) is 0 Å². The zero-order chi connectivity index (χ0) is 13.5. The minimum absolute atomic E-state index is 0.132. The first-order chi connectivity index (χ1) is 8.58. The topological polar surface area (TPSA) is 89.9 Å². The quantitative estimate of drug-likeness (QED) is 0.675. The highest BCUT2D eigenvalue weighted by Crippen LogP contribution is 2.19. The number of aliphatic carboxylic acids is 1. The fraction of sp³-hybridized carbons (Fsp3) is 0.833. The van der Waals surface area contributed by atoms with E-state index in [1.807, 2.05) is 0 Å². The Hall–Kier alpha value is -1.30. The second-order valence-corrected chi connectivity index (χ2v) is 4.72. The normalized spacial score (nSPS) is 21.4. The van der Waals surface area contributed by atoms with Gasteiger partial charge in [-0.25, -0.2) is 9.59 Å². The summed E-state index contributed by atoms with van der Waals surface area (Å²) < 4.78 is 0. The van der Waals surface area contributed by atoms with E-state index in [0.29, 0.717) is 31.8 Å². The molecular formula is C12H22N2O4. The summed E-state index contributed by atoms with van der Waals surface area (Å²) in [6.45, 7) is 3.11. The van der Waals surface area contributed by atoms with E-state index in [4.69, 9.17) is 10.2 Å². The average Bonchev–Trinajstić information content (AvgIpc) is 2.36. The standard InChI is InChI=1S/C12H22N2O4/c1-2-10(11(16)17)13-12(18)14-6-3-4-9(8-14)5-7-15/h9-10,15H,2-8H2,1H3,(H,13,18)(H,16,17). The molecule has 1 aliphatic rings. The highest BCUT2D eigenvalue weighted by molar-refractivity contribution is 5.82. The van der Waals surface area contributed by atoms with Crippen molar-refractivity contribution >= 4 is 12.0 Å². The van der Waals surface area contributed by atoms with Gasteiger partial charge in [-0.05, 0) is 31.6 Å². The van der Waals surface area contributed by atoms with Crippen LogP contribution in [-0.4, -0.2) is 52.9 Å². The van der Waals surface area contributed by atoms with E-state index in [1.54, 1.807) is 11.8 Å². The molecule has 1 rings (SSSR count). The van der Waals surface area contributed by atoms with Crippen molar-refractivity contribution in [1.29, 1.82) is 0 Å². The molecule has 0 saturated carbocycles. The second kappa shape index (κ2) is 7.20. The molecule has 1 heterocycles.